The SMILES string of the molecule is Cn1c(C(=O)O)cc2c3cccc(Br)c3[nH]c21. The maximum absolute atomic E-state index is 11.0. The first-order valence-corrected chi connectivity index (χ1v) is 5.88. The third kappa shape index (κ3) is 1.32. The van der Waals surface area contributed by atoms with E-state index in [1.807, 2.05) is 18.2 Å². The number of nitrogens with zero attached hydrogens (tertiary/aromatic N) is 1. The summed E-state index contributed by atoms with van der Waals surface area (Å²) in [6.45, 7) is 0. The minimum Gasteiger partial charge on any atom is -0.477 e. The summed E-state index contributed by atoms with van der Waals surface area (Å²) >= 11 is 3.47. The van der Waals surface area contributed by atoms with E-state index in [-0.39, 0.29) is 5.69 Å². The molecule has 0 saturated carbocycles. The molecule has 3 aromatic rings. The van der Waals surface area contributed by atoms with E-state index in [0.717, 1.165) is 26.4 Å². The van der Waals surface area contributed by atoms with Crippen LogP contribution >= 0.6 is 15.9 Å². The van der Waals surface area contributed by atoms with Gasteiger partial charge in [-0.1, -0.05) is 12.1 Å². The first-order valence-electron chi connectivity index (χ1n) is 5.08. The number of nitrogens with one attached hydrogen (secondary N) is 1. The highest BCUT2D eigenvalue weighted by atomic mass is 79.9. The quantitative estimate of drug-likeness (QED) is 0.724. The lowest BCUT2D eigenvalue weighted by Gasteiger charge is -1.97. The highest BCUT2D eigenvalue weighted by Gasteiger charge is 2.16. The second-order valence-corrected chi connectivity index (χ2v) is 4.80. The molecule has 0 aliphatic heterocycles. The number of benzene rings is 1. The number of rotatable bonds is 1. The van der Waals surface area contributed by atoms with E-state index in [1.54, 1.807) is 17.7 Å². The molecule has 0 atom stereocenters. The van der Waals surface area contributed by atoms with Crippen LogP contribution in [0.4, 0.5) is 0 Å². The van der Waals surface area contributed by atoms with Crippen LogP contribution in [0.3, 0.4) is 0 Å². The third-order valence-electron chi connectivity index (χ3n) is 3.00. The number of para-hydroxylation sites is 1. The second-order valence-electron chi connectivity index (χ2n) is 3.94. The van der Waals surface area contributed by atoms with Crippen molar-refractivity contribution in [1.82, 2.24) is 9.55 Å². The standard InChI is InChI=1S/C12H9BrN2O2/c1-15-9(12(16)17)5-7-6-3-2-4-8(13)10(6)14-11(7)15/h2-5,14H,1H3,(H,16,17). The minimum absolute atomic E-state index is 0.285. The van der Waals surface area contributed by atoms with Crippen molar-refractivity contribution in [3.05, 3.63) is 34.4 Å². The van der Waals surface area contributed by atoms with Gasteiger partial charge in [-0.05, 0) is 28.1 Å². The maximum atomic E-state index is 11.0. The highest BCUT2D eigenvalue weighted by Crippen LogP contribution is 2.31. The van der Waals surface area contributed by atoms with Crippen LogP contribution in [0.2, 0.25) is 0 Å². The maximum Gasteiger partial charge on any atom is 0.352 e. The molecule has 0 unspecified atom stereocenters. The molecule has 4 nitrogen and oxygen atoms in total. The van der Waals surface area contributed by atoms with Gasteiger partial charge in [0.05, 0.1) is 5.52 Å². The number of carbonyl (C=O) groups is 1. The number of aromatic nitrogens is 2. The first-order chi connectivity index (χ1) is 8.09. The molecule has 5 heteroatoms. The van der Waals surface area contributed by atoms with Gasteiger partial charge in [-0.25, -0.2) is 4.79 Å². The van der Waals surface area contributed by atoms with E-state index in [2.05, 4.69) is 20.9 Å². The predicted octanol–water partition coefficient (Wildman–Crippen LogP) is 3.12. The Morgan fingerprint density at radius 3 is 2.88 bits per heavy atom. The zero-order valence-electron chi connectivity index (χ0n) is 8.99. The van der Waals surface area contributed by atoms with Crippen LogP contribution in [0.25, 0.3) is 21.9 Å². The third-order valence-corrected chi connectivity index (χ3v) is 3.66. The summed E-state index contributed by atoms with van der Waals surface area (Å²) in [4.78, 5) is 14.3. The molecular weight excluding hydrogens is 284 g/mol. The zero-order chi connectivity index (χ0) is 12.2. The Labute approximate surface area is 105 Å². The molecule has 0 saturated heterocycles. The Morgan fingerprint density at radius 1 is 1.41 bits per heavy atom. The van der Waals surface area contributed by atoms with Gasteiger partial charge in [0.1, 0.15) is 11.3 Å². The van der Waals surface area contributed by atoms with E-state index in [1.165, 1.54) is 0 Å². The van der Waals surface area contributed by atoms with Gasteiger partial charge >= 0.3 is 5.97 Å². The van der Waals surface area contributed by atoms with Crippen molar-refractivity contribution in [3.8, 4) is 0 Å². The Morgan fingerprint density at radius 2 is 2.18 bits per heavy atom. The Hall–Kier alpha value is -1.75. The lowest BCUT2D eigenvalue weighted by molar-refractivity contribution is 0.0687. The summed E-state index contributed by atoms with van der Waals surface area (Å²) in [5.74, 6) is -0.916. The lowest BCUT2D eigenvalue weighted by Crippen LogP contribution is -2.03. The minimum atomic E-state index is -0.916. The van der Waals surface area contributed by atoms with Crippen molar-refractivity contribution < 1.29 is 9.90 Å². The molecule has 0 aliphatic carbocycles. The van der Waals surface area contributed by atoms with Gasteiger partial charge in [-0.3, -0.25) is 0 Å². The number of H-pyrrole nitrogens is 1. The molecule has 0 fully saturated rings. The normalized spacial score (nSPS) is 11.4. The lowest BCUT2D eigenvalue weighted by atomic mass is 10.2. The van der Waals surface area contributed by atoms with Crippen LogP contribution < -0.4 is 0 Å². The van der Waals surface area contributed by atoms with Gasteiger partial charge in [0, 0.05) is 22.3 Å². The number of carboxylic acids is 1. The Bertz CT molecular complexity index is 755. The molecule has 0 spiro atoms. The van der Waals surface area contributed by atoms with Crippen molar-refractivity contribution in [1.29, 1.82) is 0 Å². The number of aromatic carboxylic acids is 1. The summed E-state index contributed by atoms with van der Waals surface area (Å²) in [7, 11) is 1.75. The summed E-state index contributed by atoms with van der Waals surface area (Å²) < 4.78 is 2.63. The number of aromatic amines is 1. The second kappa shape index (κ2) is 3.37. The number of hydrogen-bond donors (Lipinski definition) is 2. The summed E-state index contributed by atoms with van der Waals surface area (Å²) in [6.07, 6.45) is 0. The topological polar surface area (TPSA) is 58.0 Å². The van der Waals surface area contributed by atoms with Crippen molar-refractivity contribution in [3.63, 3.8) is 0 Å². The largest absolute Gasteiger partial charge is 0.477 e. The molecule has 86 valence electrons. The van der Waals surface area contributed by atoms with Crippen LogP contribution in [0, 0.1) is 0 Å². The molecule has 0 amide bonds. The number of carboxylic acid groups (broad SMARTS) is 1. The fourth-order valence-corrected chi connectivity index (χ4v) is 2.62. The van der Waals surface area contributed by atoms with Gasteiger partial charge in [-0.2, -0.15) is 0 Å². The highest BCUT2D eigenvalue weighted by molar-refractivity contribution is 9.10. The molecule has 2 heterocycles. The molecule has 0 aliphatic rings. The molecule has 1 aromatic carbocycles. The molecule has 0 bridgehead atoms. The molecular formula is C12H9BrN2O2. The van der Waals surface area contributed by atoms with Crippen LogP contribution in [0.15, 0.2) is 28.7 Å². The van der Waals surface area contributed by atoms with Gasteiger partial charge in [0.2, 0.25) is 0 Å². The summed E-state index contributed by atoms with van der Waals surface area (Å²) in [5, 5.41) is 11.0. The van der Waals surface area contributed by atoms with Gasteiger partial charge in [0.25, 0.3) is 0 Å². The average Bonchev–Trinajstić information content (AvgIpc) is 2.78. The predicted molar refractivity (Wildman–Crippen MR) is 69.4 cm³/mol. The van der Waals surface area contributed by atoms with E-state index in [4.69, 9.17) is 5.11 Å². The number of fused-ring (bicyclic) bond motifs is 3. The number of halogens is 1. The van der Waals surface area contributed by atoms with Crippen LogP contribution in [0.5, 0.6) is 0 Å². The van der Waals surface area contributed by atoms with Crippen molar-refractivity contribution in [2.24, 2.45) is 7.05 Å². The smallest absolute Gasteiger partial charge is 0.352 e. The number of hydrogen-bond acceptors (Lipinski definition) is 1. The zero-order valence-corrected chi connectivity index (χ0v) is 10.6. The van der Waals surface area contributed by atoms with Crippen LogP contribution in [0.1, 0.15) is 10.5 Å². The van der Waals surface area contributed by atoms with Gasteiger partial charge < -0.3 is 14.7 Å². The van der Waals surface area contributed by atoms with Crippen molar-refractivity contribution in [2.45, 2.75) is 0 Å². The molecule has 3 rings (SSSR count). The van der Waals surface area contributed by atoms with Crippen LogP contribution in [-0.4, -0.2) is 20.6 Å². The average molecular weight is 293 g/mol. The molecule has 2 aromatic heterocycles. The van der Waals surface area contributed by atoms with E-state index < -0.39 is 5.97 Å². The van der Waals surface area contributed by atoms with Crippen molar-refractivity contribution >= 4 is 43.8 Å². The van der Waals surface area contributed by atoms with E-state index in [0.29, 0.717) is 0 Å². The number of aryl methyl sites for hydroxylation is 1. The fourth-order valence-electron chi connectivity index (χ4n) is 2.16. The van der Waals surface area contributed by atoms with Gasteiger partial charge in [-0.15, -0.1) is 0 Å². The summed E-state index contributed by atoms with van der Waals surface area (Å²) in [5.41, 5.74) is 2.10. The summed E-state index contributed by atoms with van der Waals surface area (Å²) in [6, 6.07) is 7.57. The first kappa shape index (κ1) is 10.4. The van der Waals surface area contributed by atoms with Crippen LogP contribution in [-0.2, 0) is 7.05 Å². The molecule has 0 radical (unpaired) electrons. The monoisotopic (exact) mass is 292 g/mol. The van der Waals surface area contributed by atoms with E-state index >= 15 is 0 Å². The molecule has 2 N–H and O–H groups in total. The van der Waals surface area contributed by atoms with Gasteiger partial charge in [0.15, 0.2) is 0 Å². The van der Waals surface area contributed by atoms with Crippen molar-refractivity contribution in [2.75, 3.05) is 0 Å². The Balaban J connectivity index is 2.49. The van der Waals surface area contributed by atoms with E-state index in [9.17, 15) is 4.79 Å². The fraction of sp³-hybridized carbons (Fsp3) is 0.0833. The Kier molecular flexibility index (Phi) is 2.06. The molecule has 17 heavy (non-hydrogen) atoms.